The first-order valence-electron chi connectivity index (χ1n) is 7.36. The molecule has 1 aromatic heterocycles. The molecule has 0 atom stereocenters. The number of carbonyl (C=O) groups excluding carboxylic acids is 1. The van der Waals surface area contributed by atoms with Crippen molar-refractivity contribution in [3.8, 4) is 5.75 Å². The molecule has 2 aromatic rings. The molecule has 1 heterocycles. The topological polar surface area (TPSA) is 64.1 Å². The summed E-state index contributed by atoms with van der Waals surface area (Å²) in [5.74, 6) is 0.701. The maximum atomic E-state index is 11.8. The van der Waals surface area contributed by atoms with Gasteiger partial charge in [0, 0.05) is 18.9 Å². The zero-order valence-corrected chi connectivity index (χ0v) is 13.2. The lowest BCUT2D eigenvalue weighted by molar-refractivity contribution is 0.0948. The van der Waals surface area contributed by atoms with Crippen LogP contribution in [0.4, 0.5) is 0 Å². The van der Waals surface area contributed by atoms with Crippen molar-refractivity contribution in [1.29, 1.82) is 0 Å². The molecule has 5 heteroatoms. The second-order valence-electron chi connectivity index (χ2n) is 5.36. The van der Waals surface area contributed by atoms with Gasteiger partial charge in [0.05, 0.1) is 12.3 Å². The normalized spacial score (nSPS) is 10.5. The van der Waals surface area contributed by atoms with Crippen LogP contribution in [0.3, 0.4) is 0 Å². The Morgan fingerprint density at radius 3 is 2.77 bits per heavy atom. The SMILES string of the molecule is Cc1cc(CCNC(=O)c2cnccn2)ccc1OC(C)C. The molecule has 1 aromatic carbocycles. The van der Waals surface area contributed by atoms with Crippen LogP contribution in [0, 0.1) is 6.92 Å². The Balaban J connectivity index is 1.87. The molecular formula is C17H21N3O2. The minimum Gasteiger partial charge on any atom is -0.491 e. The first-order chi connectivity index (χ1) is 10.6. The molecular weight excluding hydrogens is 278 g/mol. The smallest absolute Gasteiger partial charge is 0.271 e. The van der Waals surface area contributed by atoms with Crippen LogP contribution >= 0.6 is 0 Å². The van der Waals surface area contributed by atoms with Crippen molar-refractivity contribution in [2.24, 2.45) is 0 Å². The fourth-order valence-corrected chi connectivity index (χ4v) is 2.08. The zero-order chi connectivity index (χ0) is 15.9. The molecule has 1 amide bonds. The van der Waals surface area contributed by atoms with Gasteiger partial charge < -0.3 is 10.1 Å². The monoisotopic (exact) mass is 299 g/mol. The van der Waals surface area contributed by atoms with Gasteiger partial charge in [-0.2, -0.15) is 0 Å². The fourth-order valence-electron chi connectivity index (χ4n) is 2.08. The molecule has 0 saturated carbocycles. The second kappa shape index (κ2) is 7.54. The number of hydrogen-bond acceptors (Lipinski definition) is 4. The molecule has 0 fully saturated rings. The second-order valence-corrected chi connectivity index (χ2v) is 5.36. The molecule has 0 unspecified atom stereocenters. The van der Waals surface area contributed by atoms with E-state index >= 15 is 0 Å². The zero-order valence-electron chi connectivity index (χ0n) is 13.2. The number of nitrogens with zero attached hydrogens (tertiary/aromatic N) is 2. The summed E-state index contributed by atoms with van der Waals surface area (Å²) in [6.45, 7) is 6.60. The minimum atomic E-state index is -0.204. The predicted octanol–water partition coefficient (Wildman–Crippen LogP) is 2.54. The molecule has 0 spiro atoms. The van der Waals surface area contributed by atoms with Gasteiger partial charge in [0.15, 0.2) is 0 Å². The van der Waals surface area contributed by atoms with Crippen LogP contribution in [0.15, 0.2) is 36.8 Å². The fraction of sp³-hybridized carbons (Fsp3) is 0.353. The van der Waals surface area contributed by atoms with Crippen molar-refractivity contribution < 1.29 is 9.53 Å². The average Bonchev–Trinajstić information content (AvgIpc) is 2.50. The third-order valence-electron chi connectivity index (χ3n) is 3.10. The van der Waals surface area contributed by atoms with E-state index in [1.54, 1.807) is 6.20 Å². The number of aryl methyl sites for hydroxylation is 1. The van der Waals surface area contributed by atoms with Gasteiger partial charge in [0.25, 0.3) is 5.91 Å². The number of ether oxygens (including phenoxy) is 1. The highest BCUT2D eigenvalue weighted by atomic mass is 16.5. The van der Waals surface area contributed by atoms with Crippen molar-refractivity contribution in [1.82, 2.24) is 15.3 Å². The molecule has 2 rings (SSSR count). The summed E-state index contributed by atoms with van der Waals surface area (Å²) in [7, 11) is 0. The Labute approximate surface area is 130 Å². The van der Waals surface area contributed by atoms with E-state index in [1.807, 2.05) is 32.9 Å². The van der Waals surface area contributed by atoms with Gasteiger partial charge in [-0.25, -0.2) is 4.98 Å². The van der Waals surface area contributed by atoms with Crippen molar-refractivity contribution in [3.63, 3.8) is 0 Å². The Morgan fingerprint density at radius 2 is 2.14 bits per heavy atom. The lowest BCUT2D eigenvalue weighted by Gasteiger charge is -2.13. The van der Waals surface area contributed by atoms with Crippen LogP contribution in [-0.2, 0) is 6.42 Å². The quantitative estimate of drug-likeness (QED) is 0.890. The van der Waals surface area contributed by atoms with Crippen molar-refractivity contribution in [2.45, 2.75) is 33.3 Å². The Kier molecular flexibility index (Phi) is 5.47. The maximum absolute atomic E-state index is 11.8. The van der Waals surface area contributed by atoms with Crippen LogP contribution in [0.1, 0.15) is 35.5 Å². The molecule has 0 aliphatic heterocycles. The van der Waals surface area contributed by atoms with Gasteiger partial charge in [-0.15, -0.1) is 0 Å². The van der Waals surface area contributed by atoms with Crippen molar-refractivity contribution in [2.75, 3.05) is 6.54 Å². The summed E-state index contributed by atoms with van der Waals surface area (Å²) in [4.78, 5) is 19.7. The molecule has 0 aliphatic rings. The summed E-state index contributed by atoms with van der Waals surface area (Å²) in [6, 6.07) is 6.10. The first-order valence-corrected chi connectivity index (χ1v) is 7.36. The van der Waals surface area contributed by atoms with Gasteiger partial charge in [-0.05, 0) is 44.4 Å². The molecule has 0 bridgehead atoms. The molecule has 0 radical (unpaired) electrons. The van der Waals surface area contributed by atoms with E-state index in [-0.39, 0.29) is 12.0 Å². The number of nitrogens with one attached hydrogen (secondary N) is 1. The van der Waals surface area contributed by atoms with E-state index in [1.165, 1.54) is 12.4 Å². The number of benzene rings is 1. The number of rotatable bonds is 6. The largest absolute Gasteiger partial charge is 0.491 e. The van der Waals surface area contributed by atoms with E-state index < -0.39 is 0 Å². The lowest BCUT2D eigenvalue weighted by atomic mass is 10.1. The summed E-state index contributed by atoms with van der Waals surface area (Å²) >= 11 is 0. The summed E-state index contributed by atoms with van der Waals surface area (Å²) < 4.78 is 5.72. The van der Waals surface area contributed by atoms with Gasteiger partial charge in [0.1, 0.15) is 11.4 Å². The standard InChI is InChI=1S/C17H21N3O2/c1-12(2)22-16-5-4-14(10-13(16)3)6-7-20-17(21)15-11-18-8-9-19-15/h4-5,8-12H,6-7H2,1-3H3,(H,20,21). The maximum Gasteiger partial charge on any atom is 0.271 e. The average molecular weight is 299 g/mol. The number of carbonyl (C=O) groups is 1. The highest BCUT2D eigenvalue weighted by Gasteiger charge is 2.07. The van der Waals surface area contributed by atoms with Crippen LogP contribution in [0.5, 0.6) is 5.75 Å². The molecule has 5 nitrogen and oxygen atoms in total. The van der Waals surface area contributed by atoms with Crippen LogP contribution in [0.25, 0.3) is 0 Å². The van der Waals surface area contributed by atoms with Gasteiger partial charge in [0.2, 0.25) is 0 Å². The third kappa shape index (κ3) is 4.55. The number of aromatic nitrogens is 2. The van der Waals surface area contributed by atoms with Crippen LogP contribution in [0.2, 0.25) is 0 Å². The summed E-state index contributed by atoms with van der Waals surface area (Å²) in [5.41, 5.74) is 2.60. The minimum absolute atomic E-state index is 0.163. The molecule has 116 valence electrons. The highest BCUT2D eigenvalue weighted by molar-refractivity contribution is 5.91. The number of amides is 1. The Bertz CT molecular complexity index is 627. The van der Waals surface area contributed by atoms with Crippen LogP contribution < -0.4 is 10.1 Å². The van der Waals surface area contributed by atoms with E-state index in [4.69, 9.17) is 4.74 Å². The predicted molar refractivity (Wildman–Crippen MR) is 85.0 cm³/mol. The molecule has 0 aliphatic carbocycles. The highest BCUT2D eigenvalue weighted by Crippen LogP contribution is 2.20. The third-order valence-corrected chi connectivity index (χ3v) is 3.10. The first kappa shape index (κ1) is 15.9. The number of hydrogen-bond donors (Lipinski definition) is 1. The molecule has 0 saturated heterocycles. The Morgan fingerprint density at radius 1 is 1.32 bits per heavy atom. The van der Waals surface area contributed by atoms with Crippen LogP contribution in [-0.4, -0.2) is 28.5 Å². The van der Waals surface area contributed by atoms with Gasteiger partial charge in [-0.3, -0.25) is 9.78 Å². The van der Waals surface area contributed by atoms with E-state index in [0.717, 1.165) is 23.3 Å². The summed E-state index contributed by atoms with van der Waals surface area (Å²) in [6.07, 6.45) is 5.43. The lowest BCUT2D eigenvalue weighted by Crippen LogP contribution is -2.26. The van der Waals surface area contributed by atoms with E-state index in [0.29, 0.717) is 12.2 Å². The Hall–Kier alpha value is -2.43. The molecule has 22 heavy (non-hydrogen) atoms. The van der Waals surface area contributed by atoms with E-state index in [9.17, 15) is 4.79 Å². The van der Waals surface area contributed by atoms with Crippen molar-refractivity contribution in [3.05, 3.63) is 53.6 Å². The van der Waals surface area contributed by atoms with Gasteiger partial charge >= 0.3 is 0 Å². The molecule has 1 N–H and O–H groups in total. The van der Waals surface area contributed by atoms with E-state index in [2.05, 4.69) is 21.4 Å². The summed E-state index contributed by atoms with van der Waals surface area (Å²) in [5, 5.41) is 2.84. The van der Waals surface area contributed by atoms with Crippen molar-refractivity contribution >= 4 is 5.91 Å². The van der Waals surface area contributed by atoms with Gasteiger partial charge in [-0.1, -0.05) is 12.1 Å².